The van der Waals surface area contributed by atoms with Gasteiger partial charge in [-0.15, -0.1) is 0 Å². The number of hydrogen-bond donors (Lipinski definition) is 1. The largest absolute Gasteiger partial charge is 0.493 e. The van der Waals surface area contributed by atoms with Crippen molar-refractivity contribution in [3.8, 4) is 5.75 Å². The topological polar surface area (TPSA) is 21.3 Å². The van der Waals surface area contributed by atoms with E-state index in [2.05, 4.69) is 87.2 Å². The summed E-state index contributed by atoms with van der Waals surface area (Å²) in [5.41, 5.74) is 3.73. The van der Waals surface area contributed by atoms with E-state index in [0.29, 0.717) is 6.04 Å². The summed E-state index contributed by atoms with van der Waals surface area (Å²) in [6, 6.07) is 13.1. The quantitative estimate of drug-likeness (QED) is 0.585. The number of aryl methyl sites for hydroxylation is 1. The zero-order valence-electron chi connectivity index (χ0n) is 11.8. The van der Waals surface area contributed by atoms with Crippen molar-refractivity contribution in [3.63, 3.8) is 0 Å². The number of ether oxygens (including phenoxy) is 1. The summed E-state index contributed by atoms with van der Waals surface area (Å²) >= 11 is 5.87. The maximum Gasteiger partial charge on any atom is 0.125 e. The van der Waals surface area contributed by atoms with Crippen molar-refractivity contribution in [2.75, 3.05) is 11.9 Å². The fourth-order valence-electron chi connectivity index (χ4n) is 2.67. The van der Waals surface area contributed by atoms with Gasteiger partial charge in [0.15, 0.2) is 0 Å². The molecule has 4 heteroatoms. The van der Waals surface area contributed by atoms with Crippen LogP contribution < -0.4 is 10.1 Å². The fraction of sp³-hybridized carbons (Fsp3) is 0.294. The summed E-state index contributed by atoms with van der Waals surface area (Å²) in [5.74, 6) is 0.988. The first-order valence-electron chi connectivity index (χ1n) is 7.08. The van der Waals surface area contributed by atoms with Crippen LogP contribution in [0.5, 0.6) is 5.75 Å². The molecule has 3 rings (SSSR count). The molecule has 0 radical (unpaired) electrons. The van der Waals surface area contributed by atoms with Crippen LogP contribution in [0.4, 0.5) is 5.69 Å². The third-order valence-corrected chi connectivity index (χ3v) is 4.93. The maximum atomic E-state index is 5.88. The summed E-state index contributed by atoms with van der Waals surface area (Å²) in [4.78, 5) is 0. The lowest BCUT2D eigenvalue weighted by Gasteiger charge is -2.21. The summed E-state index contributed by atoms with van der Waals surface area (Å²) < 4.78 is 8.21. The van der Waals surface area contributed by atoms with Gasteiger partial charge in [0, 0.05) is 19.3 Å². The molecular formula is C17H17BrINO. The van der Waals surface area contributed by atoms with Crippen LogP contribution >= 0.6 is 38.5 Å². The molecule has 1 heterocycles. The predicted molar refractivity (Wildman–Crippen MR) is 99.1 cm³/mol. The van der Waals surface area contributed by atoms with E-state index in [-0.39, 0.29) is 0 Å². The lowest BCUT2D eigenvalue weighted by Crippen LogP contribution is -2.11. The van der Waals surface area contributed by atoms with Gasteiger partial charge in [0.25, 0.3) is 0 Å². The van der Waals surface area contributed by atoms with Crippen LogP contribution in [0.2, 0.25) is 0 Å². The lowest BCUT2D eigenvalue weighted by atomic mass is 10.0. The third-order valence-electron chi connectivity index (χ3n) is 3.76. The Morgan fingerprint density at radius 2 is 2.10 bits per heavy atom. The van der Waals surface area contributed by atoms with Gasteiger partial charge < -0.3 is 10.1 Å². The monoisotopic (exact) mass is 457 g/mol. The molecule has 0 saturated heterocycles. The SMILES string of the molecule is Cc1cc(I)ccc1NC1CCCOc2cc(Br)ccc21. The van der Waals surface area contributed by atoms with Gasteiger partial charge in [0.05, 0.1) is 12.6 Å². The molecule has 0 spiro atoms. The molecule has 1 aliphatic rings. The van der Waals surface area contributed by atoms with Crippen molar-refractivity contribution < 1.29 is 4.74 Å². The summed E-state index contributed by atoms with van der Waals surface area (Å²) in [6.45, 7) is 2.94. The maximum absolute atomic E-state index is 5.88. The lowest BCUT2D eigenvalue weighted by molar-refractivity contribution is 0.316. The van der Waals surface area contributed by atoms with Crippen molar-refractivity contribution in [2.24, 2.45) is 0 Å². The zero-order valence-corrected chi connectivity index (χ0v) is 15.6. The van der Waals surface area contributed by atoms with Gasteiger partial charge in [-0.1, -0.05) is 22.0 Å². The van der Waals surface area contributed by atoms with Crippen LogP contribution in [-0.2, 0) is 0 Å². The van der Waals surface area contributed by atoms with Gasteiger partial charge in [0.2, 0.25) is 0 Å². The van der Waals surface area contributed by atoms with E-state index >= 15 is 0 Å². The smallest absolute Gasteiger partial charge is 0.125 e. The second kappa shape index (κ2) is 6.57. The van der Waals surface area contributed by atoms with E-state index in [0.717, 1.165) is 29.7 Å². The molecule has 21 heavy (non-hydrogen) atoms. The highest BCUT2D eigenvalue weighted by molar-refractivity contribution is 14.1. The second-order valence-electron chi connectivity index (χ2n) is 5.33. The van der Waals surface area contributed by atoms with E-state index in [1.54, 1.807) is 0 Å². The summed E-state index contributed by atoms with van der Waals surface area (Å²) in [7, 11) is 0. The van der Waals surface area contributed by atoms with E-state index in [9.17, 15) is 0 Å². The van der Waals surface area contributed by atoms with E-state index < -0.39 is 0 Å². The molecule has 2 aromatic carbocycles. The first-order valence-corrected chi connectivity index (χ1v) is 8.95. The molecule has 0 bridgehead atoms. The standard InChI is InChI=1S/C17H17BrINO/c1-11-9-13(19)5-7-15(11)20-16-3-2-8-21-17-10-12(18)4-6-14(16)17/h4-7,9-10,16,20H,2-3,8H2,1H3. The van der Waals surface area contributed by atoms with Crippen molar-refractivity contribution in [1.29, 1.82) is 0 Å². The molecule has 0 amide bonds. The van der Waals surface area contributed by atoms with Crippen LogP contribution in [0, 0.1) is 10.5 Å². The second-order valence-corrected chi connectivity index (χ2v) is 7.49. The van der Waals surface area contributed by atoms with Gasteiger partial charge in [0.1, 0.15) is 5.75 Å². The molecular weight excluding hydrogens is 441 g/mol. The molecule has 2 aromatic rings. The Kier molecular flexibility index (Phi) is 4.74. The van der Waals surface area contributed by atoms with Gasteiger partial charge in [-0.2, -0.15) is 0 Å². The number of rotatable bonds is 2. The molecule has 1 N–H and O–H groups in total. The number of benzene rings is 2. The minimum atomic E-state index is 0.300. The Labute approximate surface area is 147 Å². The summed E-state index contributed by atoms with van der Waals surface area (Å²) in [6.07, 6.45) is 2.15. The highest BCUT2D eigenvalue weighted by atomic mass is 127. The van der Waals surface area contributed by atoms with E-state index in [1.807, 2.05) is 0 Å². The Morgan fingerprint density at radius 3 is 2.90 bits per heavy atom. The highest BCUT2D eigenvalue weighted by Crippen LogP contribution is 2.36. The normalized spacial score (nSPS) is 17.6. The molecule has 2 nitrogen and oxygen atoms in total. The van der Waals surface area contributed by atoms with Gasteiger partial charge in [-0.05, 0) is 78.3 Å². The van der Waals surface area contributed by atoms with Crippen molar-refractivity contribution in [2.45, 2.75) is 25.8 Å². The van der Waals surface area contributed by atoms with Crippen LogP contribution in [0.25, 0.3) is 0 Å². The molecule has 0 aromatic heterocycles. The van der Waals surface area contributed by atoms with Crippen molar-refractivity contribution in [1.82, 2.24) is 0 Å². The minimum Gasteiger partial charge on any atom is -0.493 e. The molecule has 110 valence electrons. The van der Waals surface area contributed by atoms with Gasteiger partial charge in [-0.25, -0.2) is 0 Å². The molecule has 1 aliphatic heterocycles. The van der Waals surface area contributed by atoms with Crippen LogP contribution in [0.15, 0.2) is 40.9 Å². The first kappa shape index (κ1) is 15.2. The Hall–Kier alpha value is -0.750. The fourth-order valence-corrected chi connectivity index (χ4v) is 3.66. The highest BCUT2D eigenvalue weighted by Gasteiger charge is 2.20. The average molecular weight is 458 g/mol. The number of hydrogen-bond acceptors (Lipinski definition) is 2. The Bertz CT molecular complexity index is 659. The number of fused-ring (bicyclic) bond motifs is 1. The minimum absolute atomic E-state index is 0.300. The van der Waals surface area contributed by atoms with Crippen LogP contribution in [0.1, 0.15) is 30.0 Å². The third kappa shape index (κ3) is 3.54. The number of halogens is 2. The Balaban J connectivity index is 1.92. The van der Waals surface area contributed by atoms with Crippen molar-refractivity contribution >= 4 is 44.2 Å². The average Bonchev–Trinajstić information content (AvgIpc) is 2.64. The molecule has 1 unspecified atom stereocenters. The molecule has 0 saturated carbocycles. The van der Waals surface area contributed by atoms with Crippen LogP contribution in [0.3, 0.4) is 0 Å². The molecule has 0 aliphatic carbocycles. The van der Waals surface area contributed by atoms with E-state index in [4.69, 9.17) is 4.74 Å². The molecule has 0 fully saturated rings. The predicted octanol–water partition coefficient (Wildman–Crippen LogP) is 5.69. The number of nitrogens with one attached hydrogen (secondary N) is 1. The van der Waals surface area contributed by atoms with Crippen molar-refractivity contribution in [3.05, 3.63) is 55.6 Å². The van der Waals surface area contributed by atoms with E-state index in [1.165, 1.54) is 20.4 Å². The van der Waals surface area contributed by atoms with Crippen LogP contribution in [-0.4, -0.2) is 6.61 Å². The Morgan fingerprint density at radius 1 is 1.24 bits per heavy atom. The molecule has 1 atom stereocenters. The number of anilines is 1. The van der Waals surface area contributed by atoms with Gasteiger partial charge in [-0.3, -0.25) is 0 Å². The zero-order chi connectivity index (χ0) is 14.8. The van der Waals surface area contributed by atoms with Gasteiger partial charge >= 0.3 is 0 Å². The first-order chi connectivity index (χ1) is 10.1. The summed E-state index contributed by atoms with van der Waals surface area (Å²) in [5, 5.41) is 3.69.